The van der Waals surface area contributed by atoms with E-state index >= 15 is 0 Å². The van der Waals surface area contributed by atoms with Crippen LogP contribution in [0.15, 0.2) is 30.6 Å². The van der Waals surface area contributed by atoms with Crippen LogP contribution in [0, 0.1) is 19.7 Å². The number of halogens is 1. The van der Waals surface area contributed by atoms with E-state index in [1.807, 2.05) is 13.8 Å². The molecule has 1 aromatic carbocycles. The summed E-state index contributed by atoms with van der Waals surface area (Å²) in [5, 5.41) is 14.0. The van der Waals surface area contributed by atoms with Gasteiger partial charge in [0.15, 0.2) is 11.6 Å². The molecule has 0 aliphatic carbocycles. The summed E-state index contributed by atoms with van der Waals surface area (Å²) in [6.07, 6.45) is 5.22. The summed E-state index contributed by atoms with van der Waals surface area (Å²) in [6, 6.07) is 4.34. The van der Waals surface area contributed by atoms with Crippen molar-refractivity contribution in [3.8, 4) is 5.69 Å². The number of nitrogens with zero attached hydrogens (tertiary/aromatic N) is 5. The first-order chi connectivity index (χ1) is 13.5. The Labute approximate surface area is 161 Å². The van der Waals surface area contributed by atoms with E-state index in [4.69, 9.17) is 0 Å². The number of nitrogens with one attached hydrogen (secondary N) is 2. The van der Waals surface area contributed by atoms with E-state index in [1.54, 1.807) is 29.4 Å². The molecule has 2 aromatic heterocycles. The van der Waals surface area contributed by atoms with Gasteiger partial charge in [0.1, 0.15) is 11.5 Å². The molecule has 1 fully saturated rings. The maximum atomic E-state index is 14.5. The Balaban J connectivity index is 1.43. The third kappa shape index (κ3) is 3.73. The monoisotopic (exact) mass is 383 g/mol. The standard InChI is InChI=1S/C19H22FN7O/c1-12-9-21-27(10-12)17-6-5-15(8-16(17)20)23-19(28)26-7-3-4-14(11-26)18-22-13(2)24-25-18/h5-6,8-10,14H,3-4,7,11H2,1-2H3,(H,23,28)(H,22,24,25)/t14-/m1/s1. The summed E-state index contributed by atoms with van der Waals surface area (Å²) in [7, 11) is 0. The summed E-state index contributed by atoms with van der Waals surface area (Å²) in [6.45, 7) is 4.93. The van der Waals surface area contributed by atoms with Crippen molar-refractivity contribution in [2.45, 2.75) is 32.6 Å². The maximum absolute atomic E-state index is 14.5. The molecular formula is C19H22FN7O. The third-order valence-corrected chi connectivity index (χ3v) is 4.85. The molecule has 2 N–H and O–H groups in total. The lowest BCUT2D eigenvalue weighted by molar-refractivity contribution is 0.191. The first kappa shape index (κ1) is 18.1. The molecule has 3 heterocycles. The molecule has 1 saturated heterocycles. The summed E-state index contributed by atoms with van der Waals surface area (Å²) >= 11 is 0. The fourth-order valence-corrected chi connectivity index (χ4v) is 3.43. The van der Waals surface area contributed by atoms with Crippen molar-refractivity contribution in [3.05, 3.63) is 53.6 Å². The molecule has 1 aliphatic heterocycles. The smallest absolute Gasteiger partial charge is 0.321 e. The zero-order valence-corrected chi connectivity index (χ0v) is 15.8. The number of benzene rings is 1. The predicted molar refractivity (Wildman–Crippen MR) is 102 cm³/mol. The van der Waals surface area contributed by atoms with Crippen molar-refractivity contribution in [1.82, 2.24) is 29.9 Å². The Hall–Kier alpha value is -3.23. The minimum Gasteiger partial charge on any atom is -0.324 e. The Kier molecular flexibility index (Phi) is 4.81. The minimum atomic E-state index is -0.450. The van der Waals surface area contributed by atoms with Crippen LogP contribution in [-0.2, 0) is 0 Å². The van der Waals surface area contributed by atoms with E-state index in [0.29, 0.717) is 24.5 Å². The second-order valence-corrected chi connectivity index (χ2v) is 7.12. The maximum Gasteiger partial charge on any atom is 0.321 e. The van der Waals surface area contributed by atoms with Gasteiger partial charge in [-0.1, -0.05) is 0 Å². The number of carbonyl (C=O) groups excluding carboxylic acids is 1. The van der Waals surface area contributed by atoms with Gasteiger partial charge < -0.3 is 10.2 Å². The van der Waals surface area contributed by atoms with Crippen LogP contribution in [0.25, 0.3) is 5.69 Å². The topological polar surface area (TPSA) is 91.7 Å². The molecule has 1 aliphatic rings. The van der Waals surface area contributed by atoms with Crippen LogP contribution in [0.4, 0.5) is 14.9 Å². The van der Waals surface area contributed by atoms with Crippen molar-refractivity contribution in [2.24, 2.45) is 0 Å². The van der Waals surface area contributed by atoms with E-state index < -0.39 is 5.82 Å². The predicted octanol–water partition coefficient (Wildman–Crippen LogP) is 3.16. The van der Waals surface area contributed by atoms with Gasteiger partial charge in [0.25, 0.3) is 0 Å². The van der Waals surface area contributed by atoms with Crippen LogP contribution >= 0.6 is 0 Å². The van der Waals surface area contributed by atoms with Crippen LogP contribution in [0.1, 0.15) is 36.0 Å². The van der Waals surface area contributed by atoms with Crippen molar-refractivity contribution >= 4 is 11.7 Å². The first-order valence-electron chi connectivity index (χ1n) is 9.25. The van der Waals surface area contributed by atoms with Crippen molar-refractivity contribution < 1.29 is 9.18 Å². The lowest BCUT2D eigenvalue weighted by Crippen LogP contribution is -2.41. The van der Waals surface area contributed by atoms with E-state index in [9.17, 15) is 9.18 Å². The number of aryl methyl sites for hydroxylation is 2. The molecule has 146 valence electrons. The molecule has 2 amide bonds. The van der Waals surface area contributed by atoms with Gasteiger partial charge in [0.05, 0.1) is 6.20 Å². The average molecular weight is 383 g/mol. The van der Waals surface area contributed by atoms with Crippen molar-refractivity contribution in [1.29, 1.82) is 0 Å². The highest BCUT2D eigenvalue weighted by Crippen LogP contribution is 2.25. The third-order valence-electron chi connectivity index (χ3n) is 4.85. The van der Waals surface area contributed by atoms with Gasteiger partial charge in [0, 0.05) is 30.9 Å². The molecule has 8 nitrogen and oxygen atoms in total. The normalized spacial score (nSPS) is 17.0. The van der Waals surface area contributed by atoms with Crippen molar-refractivity contribution in [3.63, 3.8) is 0 Å². The minimum absolute atomic E-state index is 0.103. The Morgan fingerprint density at radius 3 is 2.89 bits per heavy atom. The molecular weight excluding hydrogens is 361 g/mol. The molecule has 0 unspecified atom stereocenters. The van der Waals surface area contributed by atoms with Crippen LogP contribution in [0.2, 0.25) is 0 Å². The van der Waals surface area contributed by atoms with Gasteiger partial charge in [-0.2, -0.15) is 10.2 Å². The summed E-state index contributed by atoms with van der Waals surface area (Å²) in [5.41, 5.74) is 1.69. The number of anilines is 1. The Morgan fingerprint density at radius 1 is 1.36 bits per heavy atom. The number of carbonyl (C=O) groups is 1. The number of hydrogen-bond donors (Lipinski definition) is 2. The van der Waals surface area contributed by atoms with Crippen molar-refractivity contribution in [2.75, 3.05) is 18.4 Å². The fraction of sp³-hybridized carbons (Fsp3) is 0.368. The molecule has 0 bridgehead atoms. The number of rotatable bonds is 3. The highest BCUT2D eigenvalue weighted by Gasteiger charge is 2.27. The molecule has 4 rings (SSSR count). The lowest BCUT2D eigenvalue weighted by Gasteiger charge is -2.31. The van der Waals surface area contributed by atoms with Crippen LogP contribution in [0.3, 0.4) is 0 Å². The second kappa shape index (κ2) is 7.41. The van der Waals surface area contributed by atoms with Crippen LogP contribution in [-0.4, -0.2) is 49.0 Å². The van der Waals surface area contributed by atoms with Crippen LogP contribution in [0.5, 0.6) is 0 Å². The van der Waals surface area contributed by atoms with Gasteiger partial charge in [-0.15, -0.1) is 0 Å². The summed E-state index contributed by atoms with van der Waals surface area (Å²) in [4.78, 5) is 18.8. The van der Waals surface area contributed by atoms with E-state index in [-0.39, 0.29) is 11.9 Å². The van der Waals surface area contributed by atoms with Gasteiger partial charge in [-0.25, -0.2) is 18.9 Å². The number of piperidine rings is 1. The molecule has 0 spiro atoms. The molecule has 9 heteroatoms. The van der Waals surface area contributed by atoms with Gasteiger partial charge in [0.2, 0.25) is 0 Å². The molecule has 1 atom stereocenters. The second-order valence-electron chi connectivity index (χ2n) is 7.12. The lowest BCUT2D eigenvalue weighted by atomic mass is 9.98. The van der Waals surface area contributed by atoms with E-state index in [2.05, 4.69) is 25.6 Å². The number of aromatic nitrogens is 5. The molecule has 28 heavy (non-hydrogen) atoms. The number of hydrogen-bond acceptors (Lipinski definition) is 4. The molecule has 0 radical (unpaired) electrons. The average Bonchev–Trinajstić information content (AvgIpc) is 3.30. The Morgan fingerprint density at radius 2 is 2.21 bits per heavy atom. The van der Waals surface area contributed by atoms with Crippen LogP contribution < -0.4 is 5.32 Å². The number of urea groups is 1. The number of H-pyrrole nitrogens is 1. The van der Waals surface area contributed by atoms with Gasteiger partial charge in [-0.3, -0.25) is 5.10 Å². The zero-order chi connectivity index (χ0) is 19.7. The van der Waals surface area contributed by atoms with E-state index in [0.717, 1.165) is 30.1 Å². The summed E-state index contributed by atoms with van der Waals surface area (Å²) < 4.78 is 16.0. The largest absolute Gasteiger partial charge is 0.324 e. The number of aromatic amines is 1. The zero-order valence-electron chi connectivity index (χ0n) is 15.8. The SMILES string of the molecule is Cc1cnn(-c2ccc(NC(=O)N3CCC[C@@H](c4n[nH]c(C)n4)C3)cc2F)c1. The molecule has 3 aromatic rings. The van der Waals surface area contributed by atoms with E-state index in [1.165, 1.54) is 10.7 Å². The number of likely N-dealkylation sites (tertiary alicyclic amines) is 1. The summed E-state index contributed by atoms with van der Waals surface area (Å²) in [5.74, 6) is 1.15. The fourth-order valence-electron chi connectivity index (χ4n) is 3.43. The Bertz CT molecular complexity index is 996. The highest BCUT2D eigenvalue weighted by molar-refractivity contribution is 5.89. The number of amides is 2. The molecule has 0 saturated carbocycles. The quantitative estimate of drug-likeness (QED) is 0.727. The van der Waals surface area contributed by atoms with Gasteiger partial charge in [-0.05, 0) is 50.5 Å². The van der Waals surface area contributed by atoms with Gasteiger partial charge >= 0.3 is 6.03 Å². The first-order valence-corrected chi connectivity index (χ1v) is 9.25. The highest BCUT2D eigenvalue weighted by atomic mass is 19.1.